The van der Waals surface area contributed by atoms with Crippen LogP contribution in [0.3, 0.4) is 0 Å². The van der Waals surface area contributed by atoms with Crippen molar-refractivity contribution in [2.24, 2.45) is 7.05 Å². The Hall–Kier alpha value is -2.99. The predicted octanol–water partition coefficient (Wildman–Crippen LogP) is 0.895. The molecule has 0 atom stereocenters. The van der Waals surface area contributed by atoms with Gasteiger partial charge in [-0.15, -0.1) is 21.5 Å². The maximum Gasteiger partial charge on any atom is 0.289 e. The van der Waals surface area contributed by atoms with E-state index in [1.165, 1.54) is 27.1 Å². The zero-order valence-corrected chi connectivity index (χ0v) is 17.7. The molecule has 0 aliphatic carbocycles. The van der Waals surface area contributed by atoms with Gasteiger partial charge in [0.05, 0.1) is 11.1 Å². The Bertz CT molecular complexity index is 1140. The molecule has 0 aromatic carbocycles. The first-order valence-electron chi connectivity index (χ1n) is 9.13. The van der Waals surface area contributed by atoms with E-state index in [4.69, 9.17) is 4.42 Å². The lowest BCUT2D eigenvalue weighted by molar-refractivity contribution is -0.129. The highest BCUT2D eigenvalue weighted by molar-refractivity contribution is 7.91. The summed E-state index contributed by atoms with van der Waals surface area (Å²) in [5.74, 6) is -0.807. The van der Waals surface area contributed by atoms with Crippen molar-refractivity contribution in [1.29, 1.82) is 0 Å². The third-order valence-corrected chi connectivity index (χ3v) is 7.22. The van der Waals surface area contributed by atoms with Crippen LogP contribution >= 0.6 is 11.3 Å². The molecule has 0 saturated carbocycles. The van der Waals surface area contributed by atoms with Crippen molar-refractivity contribution in [1.82, 2.24) is 24.6 Å². The maximum absolute atomic E-state index is 12.8. The first-order valence-corrected chi connectivity index (χ1v) is 11.7. The van der Waals surface area contributed by atoms with Gasteiger partial charge in [0.15, 0.2) is 11.6 Å². The fraction of sp³-hybridized carbons (Fsp3) is 0.333. The Morgan fingerprint density at radius 2 is 1.83 bits per heavy atom. The molecule has 0 unspecified atom stereocenters. The van der Waals surface area contributed by atoms with Crippen LogP contribution in [0.25, 0.3) is 10.7 Å². The van der Waals surface area contributed by atoms with Crippen LogP contribution in [0.15, 0.2) is 45.5 Å². The van der Waals surface area contributed by atoms with Crippen LogP contribution in [0.1, 0.15) is 10.6 Å². The molecule has 3 aromatic rings. The third kappa shape index (κ3) is 3.87. The van der Waals surface area contributed by atoms with E-state index in [2.05, 4.69) is 10.2 Å². The topological polar surface area (TPSA) is 119 Å². The van der Waals surface area contributed by atoms with Gasteiger partial charge < -0.3 is 18.8 Å². The van der Waals surface area contributed by atoms with Gasteiger partial charge in [-0.3, -0.25) is 9.59 Å². The molecule has 4 heterocycles. The molecular formula is C18H19N5O5S2. The van der Waals surface area contributed by atoms with Crippen molar-refractivity contribution in [3.63, 3.8) is 0 Å². The largest absolute Gasteiger partial charge is 0.459 e. The molecule has 3 aromatic heterocycles. The van der Waals surface area contributed by atoms with Crippen LogP contribution < -0.4 is 0 Å². The van der Waals surface area contributed by atoms with Crippen molar-refractivity contribution >= 4 is 33.0 Å². The molecule has 0 spiro atoms. The molecule has 0 bridgehead atoms. The number of amides is 2. The zero-order chi connectivity index (χ0) is 21.3. The minimum absolute atomic E-state index is 0.237. The molecule has 1 aliphatic heterocycles. The number of aromatic nitrogens is 3. The van der Waals surface area contributed by atoms with Gasteiger partial charge in [-0.2, -0.15) is 0 Å². The number of carbonyl (C=O) groups excluding carboxylic acids is 2. The highest BCUT2D eigenvalue weighted by Gasteiger charge is 2.31. The molecule has 158 valence electrons. The second-order valence-corrected chi connectivity index (χ2v) is 9.58. The first-order chi connectivity index (χ1) is 14.4. The van der Waals surface area contributed by atoms with Gasteiger partial charge in [-0.1, -0.05) is 6.07 Å². The molecule has 2 amide bonds. The van der Waals surface area contributed by atoms with Gasteiger partial charge in [-0.05, 0) is 23.6 Å². The molecule has 10 nitrogen and oxygen atoms in total. The molecule has 0 N–H and O–H groups in total. The fourth-order valence-electron chi connectivity index (χ4n) is 3.24. The first kappa shape index (κ1) is 20.3. The van der Waals surface area contributed by atoms with E-state index < -0.39 is 21.5 Å². The summed E-state index contributed by atoms with van der Waals surface area (Å²) >= 11 is 1.42. The molecule has 12 heteroatoms. The van der Waals surface area contributed by atoms with E-state index in [9.17, 15) is 18.0 Å². The smallest absolute Gasteiger partial charge is 0.289 e. The summed E-state index contributed by atoms with van der Waals surface area (Å²) in [5, 5.41) is 9.38. The van der Waals surface area contributed by atoms with Crippen LogP contribution in [0.2, 0.25) is 0 Å². The van der Waals surface area contributed by atoms with E-state index in [-0.39, 0.29) is 29.9 Å². The van der Waals surface area contributed by atoms with Gasteiger partial charge in [-0.25, -0.2) is 8.42 Å². The van der Waals surface area contributed by atoms with Crippen molar-refractivity contribution in [2.45, 2.75) is 5.16 Å². The van der Waals surface area contributed by atoms with Crippen LogP contribution in [-0.2, 0) is 21.7 Å². The van der Waals surface area contributed by atoms with Gasteiger partial charge in [0.2, 0.25) is 20.9 Å². The maximum atomic E-state index is 12.8. The van der Waals surface area contributed by atoms with E-state index in [1.807, 2.05) is 17.5 Å². The van der Waals surface area contributed by atoms with Crippen LogP contribution in [0, 0.1) is 0 Å². The number of hydrogen-bond acceptors (Lipinski definition) is 8. The Labute approximate surface area is 176 Å². The summed E-state index contributed by atoms with van der Waals surface area (Å²) in [5.41, 5.74) is 0. The van der Waals surface area contributed by atoms with E-state index >= 15 is 0 Å². The minimum atomic E-state index is -3.97. The van der Waals surface area contributed by atoms with Crippen LogP contribution in [-0.4, -0.2) is 76.7 Å². The molecule has 0 radical (unpaired) electrons. The average molecular weight is 450 g/mol. The minimum Gasteiger partial charge on any atom is -0.459 e. The summed E-state index contributed by atoms with van der Waals surface area (Å²) in [7, 11) is -2.41. The molecular weight excluding hydrogens is 430 g/mol. The number of sulfone groups is 1. The van der Waals surface area contributed by atoms with E-state index in [1.54, 1.807) is 24.1 Å². The van der Waals surface area contributed by atoms with Crippen molar-refractivity contribution in [3.05, 3.63) is 41.7 Å². The van der Waals surface area contributed by atoms with Crippen LogP contribution in [0.5, 0.6) is 0 Å². The highest BCUT2D eigenvalue weighted by Crippen LogP contribution is 2.24. The summed E-state index contributed by atoms with van der Waals surface area (Å²) in [6.45, 7) is 1.11. The van der Waals surface area contributed by atoms with Crippen molar-refractivity contribution in [2.75, 3.05) is 31.9 Å². The molecule has 1 aliphatic rings. The molecule has 1 saturated heterocycles. The lowest BCUT2D eigenvalue weighted by Crippen LogP contribution is -2.51. The lowest BCUT2D eigenvalue weighted by atomic mass is 10.3. The predicted molar refractivity (Wildman–Crippen MR) is 108 cm³/mol. The molecule has 1 fully saturated rings. The zero-order valence-electron chi connectivity index (χ0n) is 16.1. The standard InChI is InChI=1S/C18H19N5O5S2/c1-21-16(14-5-3-11-29-14)19-20-18(21)30(26,27)12-15(24)22-6-8-23(9-7-22)17(25)13-4-2-10-28-13/h2-5,10-11H,6-9,12H2,1H3. The Balaban J connectivity index is 1.40. The Kier molecular flexibility index (Phi) is 5.43. The summed E-state index contributed by atoms with van der Waals surface area (Å²) < 4.78 is 32.0. The van der Waals surface area contributed by atoms with Gasteiger partial charge in [0.1, 0.15) is 5.75 Å². The van der Waals surface area contributed by atoms with Gasteiger partial charge >= 0.3 is 0 Å². The fourth-order valence-corrected chi connectivity index (χ4v) is 5.29. The van der Waals surface area contributed by atoms with E-state index in [0.717, 1.165) is 4.88 Å². The normalized spacial score (nSPS) is 14.8. The number of rotatable bonds is 5. The van der Waals surface area contributed by atoms with E-state index in [0.29, 0.717) is 18.9 Å². The summed E-state index contributed by atoms with van der Waals surface area (Å²) in [4.78, 5) is 28.7. The number of nitrogens with zero attached hydrogens (tertiary/aromatic N) is 5. The highest BCUT2D eigenvalue weighted by atomic mass is 32.2. The van der Waals surface area contributed by atoms with Gasteiger partial charge in [0, 0.05) is 33.2 Å². The average Bonchev–Trinajstić information content (AvgIpc) is 3.48. The molecule has 30 heavy (non-hydrogen) atoms. The number of piperazine rings is 1. The van der Waals surface area contributed by atoms with Crippen LogP contribution in [0.4, 0.5) is 0 Å². The number of furan rings is 1. The summed E-state index contributed by atoms with van der Waals surface area (Å²) in [6.07, 6.45) is 1.42. The monoisotopic (exact) mass is 449 g/mol. The Morgan fingerprint density at radius 3 is 2.47 bits per heavy atom. The third-order valence-electron chi connectivity index (χ3n) is 4.82. The number of carbonyl (C=O) groups is 2. The second-order valence-electron chi connectivity index (χ2n) is 6.75. The van der Waals surface area contributed by atoms with Crippen molar-refractivity contribution in [3.8, 4) is 10.7 Å². The van der Waals surface area contributed by atoms with Crippen molar-refractivity contribution < 1.29 is 22.4 Å². The van der Waals surface area contributed by atoms with Gasteiger partial charge in [0.25, 0.3) is 5.91 Å². The lowest BCUT2D eigenvalue weighted by Gasteiger charge is -2.34. The number of thiophene rings is 1. The second kappa shape index (κ2) is 8.03. The quantitative estimate of drug-likeness (QED) is 0.568. The number of hydrogen-bond donors (Lipinski definition) is 0. The molecule has 4 rings (SSSR count). The SMILES string of the molecule is Cn1c(-c2cccs2)nnc1S(=O)(=O)CC(=O)N1CCN(C(=O)c2ccco2)CC1. The Morgan fingerprint density at radius 1 is 1.10 bits per heavy atom. The summed E-state index contributed by atoms with van der Waals surface area (Å²) in [6, 6.07) is 6.87.